The average molecular weight is 323 g/mol. The summed E-state index contributed by atoms with van der Waals surface area (Å²) in [6.45, 7) is 1.80. The molecule has 0 saturated heterocycles. The van der Waals surface area contributed by atoms with Gasteiger partial charge in [-0.3, -0.25) is 4.79 Å². The molecule has 110 valence electrons. The van der Waals surface area contributed by atoms with Crippen molar-refractivity contribution in [2.75, 3.05) is 5.32 Å². The molecule has 0 bridgehead atoms. The molecule has 0 aliphatic carbocycles. The minimum absolute atomic E-state index is 0.162. The predicted octanol–water partition coefficient (Wildman–Crippen LogP) is 4.27. The lowest BCUT2D eigenvalue weighted by Gasteiger charge is -2.20. The molecule has 2 aromatic carbocycles. The predicted molar refractivity (Wildman–Crippen MR) is 87.6 cm³/mol. The van der Waals surface area contributed by atoms with Crippen molar-refractivity contribution in [3.63, 3.8) is 0 Å². The maximum atomic E-state index is 12.3. The zero-order valence-electron chi connectivity index (χ0n) is 11.5. The van der Waals surface area contributed by atoms with Gasteiger partial charge in [-0.25, -0.2) is 0 Å². The number of rotatable bonds is 4. The van der Waals surface area contributed by atoms with E-state index in [2.05, 4.69) is 5.32 Å². The Bertz CT molecular complexity index is 631. The van der Waals surface area contributed by atoms with Gasteiger partial charge in [-0.2, -0.15) is 0 Å². The Labute approximate surface area is 134 Å². The highest BCUT2D eigenvalue weighted by molar-refractivity contribution is 6.42. The van der Waals surface area contributed by atoms with E-state index in [0.29, 0.717) is 15.7 Å². The molecule has 0 aromatic heterocycles. The Morgan fingerprint density at radius 3 is 2.38 bits per heavy atom. The van der Waals surface area contributed by atoms with Crippen LogP contribution >= 0.6 is 23.2 Å². The van der Waals surface area contributed by atoms with Gasteiger partial charge in [0, 0.05) is 11.7 Å². The van der Waals surface area contributed by atoms with Gasteiger partial charge in [0.15, 0.2) is 0 Å². The van der Waals surface area contributed by atoms with Gasteiger partial charge in [0.25, 0.3) is 0 Å². The third kappa shape index (κ3) is 3.97. The molecule has 0 spiro atoms. The lowest BCUT2D eigenvalue weighted by Crippen LogP contribution is -2.30. The first-order valence-electron chi connectivity index (χ1n) is 6.55. The molecule has 3 nitrogen and oxygen atoms in total. The van der Waals surface area contributed by atoms with Crippen LogP contribution in [0.4, 0.5) is 5.69 Å². The van der Waals surface area contributed by atoms with E-state index >= 15 is 0 Å². The van der Waals surface area contributed by atoms with E-state index in [0.717, 1.165) is 5.56 Å². The molecule has 2 aromatic rings. The van der Waals surface area contributed by atoms with Gasteiger partial charge in [0.2, 0.25) is 5.91 Å². The molecule has 0 radical (unpaired) electrons. The second kappa shape index (κ2) is 6.94. The summed E-state index contributed by atoms with van der Waals surface area (Å²) < 4.78 is 0. The van der Waals surface area contributed by atoms with Crippen molar-refractivity contribution in [2.24, 2.45) is 11.7 Å². The lowest BCUT2D eigenvalue weighted by atomic mass is 9.94. The summed E-state index contributed by atoms with van der Waals surface area (Å²) in [5.41, 5.74) is 7.66. The standard InChI is InChI=1S/C16H16Cl2N2O/c1-10(15(19)11-5-3-2-4-6-11)16(21)20-12-7-8-13(17)14(18)9-12/h2-10,15H,19H2,1H3,(H,20,21). The van der Waals surface area contributed by atoms with Crippen molar-refractivity contribution in [3.8, 4) is 0 Å². The van der Waals surface area contributed by atoms with Crippen LogP contribution in [0.3, 0.4) is 0 Å². The molecule has 0 saturated carbocycles. The third-order valence-electron chi connectivity index (χ3n) is 3.32. The Morgan fingerprint density at radius 1 is 1.10 bits per heavy atom. The third-order valence-corrected chi connectivity index (χ3v) is 4.06. The van der Waals surface area contributed by atoms with Crippen LogP contribution in [0.2, 0.25) is 10.0 Å². The molecule has 0 heterocycles. The number of halogens is 2. The summed E-state index contributed by atoms with van der Waals surface area (Å²) in [6, 6.07) is 14.1. The average Bonchev–Trinajstić information content (AvgIpc) is 2.50. The highest BCUT2D eigenvalue weighted by Gasteiger charge is 2.22. The molecule has 21 heavy (non-hydrogen) atoms. The second-order valence-electron chi connectivity index (χ2n) is 4.84. The number of anilines is 1. The maximum Gasteiger partial charge on any atom is 0.229 e. The zero-order chi connectivity index (χ0) is 15.4. The molecule has 3 N–H and O–H groups in total. The van der Waals surface area contributed by atoms with Crippen LogP contribution in [0.25, 0.3) is 0 Å². The number of hydrogen-bond donors (Lipinski definition) is 2. The number of amides is 1. The molecular weight excluding hydrogens is 307 g/mol. The molecule has 2 rings (SSSR count). The summed E-state index contributed by atoms with van der Waals surface area (Å²) in [5, 5.41) is 3.64. The molecule has 2 unspecified atom stereocenters. The molecule has 0 aliphatic rings. The quantitative estimate of drug-likeness (QED) is 0.883. The van der Waals surface area contributed by atoms with E-state index in [1.54, 1.807) is 25.1 Å². The zero-order valence-corrected chi connectivity index (χ0v) is 13.0. The van der Waals surface area contributed by atoms with E-state index in [9.17, 15) is 4.79 Å². The van der Waals surface area contributed by atoms with Crippen LogP contribution in [0.5, 0.6) is 0 Å². The van der Waals surface area contributed by atoms with Crippen LogP contribution in [-0.2, 0) is 4.79 Å². The molecule has 5 heteroatoms. The van der Waals surface area contributed by atoms with E-state index in [4.69, 9.17) is 28.9 Å². The maximum absolute atomic E-state index is 12.3. The molecular formula is C16H16Cl2N2O. The van der Waals surface area contributed by atoms with Gasteiger partial charge in [-0.1, -0.05) is 60.5 Å². The second-order valence-corrected chi connectivity index (χ2v) is 5.66. The Hall–Kier alpha value is -1.55. The number of nitrogens with two attached hydrogens (primary N) is 1. The van der Waals surface area contributed by atoms with Gasteiger partial charge in [0.1, 0.15) is 0 Å². The minimum atomic E-state index is -0.373. The topological polar surface area (TPSA) is 55.1 Å². The van der Waals surface area contributed by atoms with Gasteiger partial charge in [-0.05, 0) is 23.8 Å². The highest BCUT2D eigenvalue weighted by atomic mass is 35.5. The summed E-state index contributed by atoms with van der Waals surface area (Å²) in [4.78, 5) is 12.3. The Balaban J connectivity index is 2.07. The number of benzene rings is 2. The van der Waals surface area contributed by atoms with Crippen LogP contribution < -0.4 is 11.1 Å². The normalized spacial score (nSPS) is 13.5. The van der Waals surface area contributed by atoms with Crippen LogP contribution in [0.15, 0.2) is 48.5 Å². The van der Waals surface area contributed by atoms with Crippen molar-refractivity contribution in [3.05, 3.63) is 64.1 Å². The minimum Gasteiger partial charge on any atom is -0.326 e. The van der Waals surface area contributed by atoms with Gasteiger partial charge in [-0.15, -0.1) is 0 Å². The first kappa shape index (κ1) is 15.8. The number of hydrogen-bond acceptors (Lipinski definition) is 2. The van der Waals surface area contributed by atoms with E-state index in [-0.39, 0.29) is 17.9 Å². The van der Waals surface area contributed by atoms with Crippen molar-refractivity contribution in [1.29, 1.82) is 0 Å². The largest absolute Gasteiger partial charge is 0.326 e. The fourth-order valence-corrected chi connectivity index (χ4v) is 2.26. The van der Waals surface area contributed by atoms with Crippen molar-refractivity contribution in [2.45, 2.75) is 13.0 Å². The van der Waals surface area contributed by atoms with E-state index in [1.165, 1.54) is 0 Å². The van der Waals surface area contributed by atoms with Gasteiger partial charge >= 0.3 is 0 Å². The van der Waals surface area contributed by atoms with E-state index in [1.807, 2.05) is 30.3 Å². The summed E-state index contributed by atoms with van der Waals surface area (Å²) >= 11 is 11.8. The summed E-state index contributed by atoms with van der Waals surface area (Å²) in [7, 11) is 0. The smallest absolute Gasteiger partial charge is 0.229 e. The van der Waals surface area contributed by atoms with Gasteiger partial charge < -0.3 is 11.1 Å². The van der Waals surface area contributed by atoms with Crippen molar-refractivity contribution < 1.29 is 4.79 Å². The Kier molecular flexibility index (Phi) is 5.23. The van der Waals surface area contributed by atoms with E-state index < -0.39 is 0 Å². The van der Waals surface area contributed by atoms with Crippen LogP contribution in [-0.4, -0.2) is 5.91 Å². The summed E-state index contributed by atoms with van der Waals surface area (Å²) in [6.07, 6.45) is 0. The number of carbonyl (C=O) groups is 1. The number of carbonyl (C=O) groups excluding carboxylic acids is 1. The van der Waals surface area contributed by atoms with Gasteiger partial charge in [0.05, 0.1) is 16.0 Å². The van der Waals surface area contributed by atoms with Crippen molar-refractivity contribution in [1.82, 2.24) is 0 Å². The highest BCUT2D eigenvalue weighted by Crippen LogP contribution is 2.26. The fourth-order valence-electron chi connectivity index (χ4n) is 1.96. The van der Waals surface area contributed by atoms with Crippen LogP contribution in [0, 0.1) is 5.92 Å². The first-order valence-corrected chi connectivity index (χ1v) is 7.31. The fraction of sp³-hybridized carbons (Fsp3) is 0.188. The Morgan fingerprint density at radius 2 is 1.76 bits per heavy atom. The summed E-state index contributed by atoms with van der Waals surface area (Å²) in [5.74, 6) is -0.536. The molecule has 0 aliphatic heterocycles. The monoisotopic (exact) mass is 322 g/mol. The first-order chi connectivity index (χ1) is 9.99. The van der Waals surface area contributed by atoms with Crippen LogP contribution in [0.1, 0.15) is 18.5 Å². The molecule has 0 fully saturated rings. The molecule has 2 atom stereocenters. The molecule has 1 amide bonds. The number of nitrogens with one attached hydrogen (secondary N) is 1. The lowest BCUT2D eigenvalue weighted by molar-refractivity contribution is -0.120. The van der Waals surface area contributed by atoms with Crippen molar-refractivity contribution >= 4 is 34.8 Å². The SMILES string of the molecule is CC(C(=O)Nc1ccc(Cl)c(Cl)c1)C(N)c1ccccc1.